The van der Waals surface area contributed by atoms with Gasteiger partial charge < -0.3 is 24.4 Å². The molecule has 0 saturated heterocycles. The topological polar surface area (TPSA) is 77.1 Å². The molecule has 0 aliphatic carbocycles. The summed E-state index contributed by atoms with van der Waals surface area (Å²) in [5, 5.41) is 2.55. The lowest BCUT2D eigenvalue weighted by atomic mass is 9.77. The van der Waals surface area contributed by atoms with Crippen molar-refractivity contribution >= 4 is 23.2 Å². The molecular formula is C30H20F2N2O5. The number of hydrogen-bond acceptors (Lipinski definition) is 5. The van der Waals surface area contributed by atoms with E-state index in [1.807, 2.05) is 30.3 Å². The number of anilines is 2. The van der Waals surface area contributed by atoms with Crippen molar-refractivity contribution in [3.63, 3.8) is 0 Å². The van der Waals surface area contributed by atoms with Crippen LogP contribution in [0.25, 0.3) is 0 Å². The van der Waals surface area contributed by atoms with E-state index in [1.54, 1.807) is 35.2 Å². The minimum absolute atomic E-state index is 0.00714. The maximum absolute atomic E-state index is 14.3. The van der Waals surface area contributed by atoms with Crippen molar-refractivity contribution in [1.82, 2.24) is 0 Å². The lowest BCUT2D eigenvalue weighted by Crippen LogP contribution is -2.42. The number of nitrogens with one attached hydrogen (secondary N) is 1. The highest BCUT2D eigenvalue weighted by molar-refractivity contribution is 6.12. The summed E-state index contributed by atoms with van der Waals surface area (Å²) in [7, 11) is 0. The van der Waals surface area contributed by atoms with Gasteiger partial charge in [0.15, 0.2) is 11.5 Å². The number of para-hydroxylation sites is 1. The molecule has 7 nitrogen and oxygen atoms in total. The van der Waals surface area contributed by atoms with Gasteiger partial charge in [0.05, 0.1) is 6.54 Å². The van der Waals surface area contributed by atoms with Crippen LogP contribution in [0.2, 0.25) is 0 Å². The van der Waals surface area contributed by atoms with Gasteiger partial charge in [-0.2, -0.15) is 0 Å². The Morgan fingerprint density at radius 3 is 2.38 bits per heavy atom. The van der Waals surface area contributed by atoms with Crippen molar-refractivity contribution in [2.24, 2.45) is 0 Å². The summed E-state index contributed by atoms with van der Waals surface area (Å²) < 4.78 is 44.5. The molecule has 1 unspecified atom stereocenters. The summed E-state index contributed by atoms with van der Waals surface area (Å²) in [4.78, 5) is 29.1. The Morgan fingerprint density at radius 1 is 0.846 bits per heavy atom. The van der Waals surface area contributed by atoms with Crippen molar-refractivity contribution in [1.29, 1.82) is 0 Å². The summed E-state index contributed by atoms with van der Waals surface area (Å²) in [5.74, 6) is -0.658. The Labute approximate surface area is 221 Å². The number of ether oxygens (including phenoxy) is 3. The van der Waals surface area contributed by atoms with Gasteiger partial charge in [0.1, 0.15) is 29.4 Å². The van der Waals surface area contributed by atoms with Crippen molar-refractivity contribution in [2.75, 3.05) is 23.6 Å². The second kappa shape index (κ2) is 8.56. The first kappa shape index (κ1) is 23.2. The summed E-state index contributed by atoms with van der Waals surface area (Å²) in [6.07, 6.45) is 0. The Balaban J connectivity index is 1.25. The van der Waals surface area contributed by atoms with Gasteiger partial charge in [0.2, 0.25) is 12.7 Å². The van der Waals surface area contributed by atoms with Crippen LogP contribution in [0.3, 0.4) is 0 Å². The Morgan fingerprint density at radius 2 is 1.56 bits per heavy atom. The first-order valence-electron chi connectivity index (χ1n) is 12.3. The molecule has 3 aliphatic heterocycles. The molecule has 0 radical (unpaired) electrons. The second-order valence-corrected chi connectivity index (χ2v) is 9.57. The van der Waals surface area contributed by atoms with Gasteiger partial charge >= 0.3 is 0 Å². The zero-order chi connectivity index (χ0) is 26.7. The highest BCUT2D eigenvalue weighted by Gasteiger charge is 2.57. The van der Waals surface area contributed by atoms with Gasteiger partial charge in [-0.25, -0.2) is 8.78 Å². The van der Waals surface area contributed by atoms with E-state index >= 15 is 0 Å². The number of nitrogens with zero attached hydrogens (tertiary/aromatic N) is 1. The predicted octanol–water partition coefficient (Wildman–Crippen LogP) is 5.17. The second-order valence-electron chi connectivity index (χ2n) is 9.57. The third kappa shape index (κ3) is 3.53. The summed E-state index contributed by atoms with van der Waals surface area (Å²) in [6, 6.07) is 20.7. The van der Waals surface area contributed by atoms with E-state index in [-0.39, 0.29) is 37.1 Å². The lowest BCUT2D eigenvalue weighted by molar-refractivity contribution is -0.122. The fraction of sp³-hybridized carbons (Fsp3) is 0.133. The van der Waals surface area contributed by atoms with Gasteiger partial charge in [0, 0.05) is 34.6 Å². The number of rotatable bonds is 4. The number of benzene rings is 4. The van der Waals surface area contributed by atoms with Gasteiger partial charge in [-0.3, -0.25) is 9.59 Å². The normalized spacial score (nSPS) is 18.2. The molecule has 1 atom stereocenters. The molecule has 2 amide bonds. The van der Waals surface area contributed by atoms with E-state index in [1.165, 1.54) is 0 Å². The first-order valence-corrected chi connectivity index (χ1v) is 12.3. The average Bonchev–Trinajstić information content (AvgIpc) is 3.60. The molecule has 3 aliphatic rings. The fourth-order valence-electron chi connectivity index (χ4n) is 5.60. The van der Waals surface area contributed by atoms with Crippen LogP contribution in [0.1, 0.15) is 27.0 Å². The number of carbonyl (C=O) groups is 2. The minimum Gasteiger partial charge on any atom is -0.491 e. The maximum atomic E-state index is 14.3. The largest absolute Gasteiger partial charge is 0.491 e. The zero-order valence-electron chi connectivity index (χ0n) is 20.4. The molecule has 4 aromatic rings. The Kier molecular flexibility index (Phi) is 5.09. The maximum Gasteiger partial charge on any atom is 0.256 e. The molecule has 39 heavy (non-hydrogen) atoms. The highest BCUT2D eigenvalue weighted by atomic mass is 19.1. The molecule has 9 heteroatoms. The molecule has 7 rings (SSSR count). The highest BCUT2D eigenvalue weighted by Crippen LogP contribution is 2.55. The molecule has 1 spiro atoms. The van der Waals surface area contributed by atoms with Crippen LogP contribution in [0.5, 0.6) is 17.2 Å². The summed E-state index contributed by atoms with van der Waals surface area (Å²) in [6.45, 7) is 0.312. The van der Waals surface area contributed by atoms with Crippen LogP contribution < -0.4 is 24.4 Å². The molecule has 4 aromatic carbocycles. The quantitative estimate of drug-likeness (QED) is 0.397. The van der Waals surface area contributed by atoms with E-state index in [2.05, 4.69) is 5.32 Å². The molecule has 3 heterocycles. The number of fused-ring (bicyclic) bond motifs is 5. The molecule has 0 aromatic heterocycles. The van der Waals surface area contributed by atoms with E-state index < -0.39 is 23.0 Å². The predicted molar refractivity (Wildman–Crippen MR) is 137 cm³/mol. The monoisotopic (exact) mass is 526 g/mol. The summed E-state index contributed by atoms with van der Waals surface area (Å²) in [5.41, 5.74) is 1.96. The third-order valence-electron chi connectivity index (χ3n) is 7.35. The number of hydrogen-bond donors (Lipinski definition) is 1. The van der Waals surface area contributed by atoms with E-state index in [9.17, 15) is 18.4 Å². The van der Waals surface area contributed by atoms with Crippen molar-refractivity contribution in [2.45, 2.75) is 12.0 Å². The number of halogens is 2. The smallest absolute Gasteiger partial charge is 0.256 e. The third-order valence-corrected chi connectivity index (χ3v) is 7.35. The molecule has 194 valence electrons. The zero-order valence-corrected chi connectivity index (χ0v) is 20.4. The van der Waals surface area contributed by atoms with Crippen LogP contribution in [0, 0.1) is 11.6 Å². The number of carbonyl (C=O) groups excluding carboxylic acids is 2. The average molecular weight is 526 g/mol. The SMILES string of the molecule is O=C(Nc1cc(F)cc(F)c1)c1ccccc1CN1C(=O)C2(COc3cc4c(cc32)OCO4)c2ccccc21. The van der Waals surface area contributed by atoms with Crippen LogP contribution in [-0.2, 0) is 16.8 Å². The van der Waals surface area contributed by atoms with Crippen LogP contribution in [-0.4, -0.2) is 25.2 Å². The van der Waals surface area contributed by atoms with Gasteiger partial charge in [-0.15, -0.1) is 0 Å². The van der Waals surface area contributed by atoms with Crippen molar-refractivity contribution in [3.8, 4) is 17.2 Å². The van der Waals surface area contributed by atoms with Gasteiger partial charge in [-0.05, 0) is 41.5 Å². The van der Waals surface area contributed by atoms with Crippen LogP contribution >= 0.6 is 0 Å². The molecule has 0 saturated carbocycles. The molecule has 0 fully saturated rings. The van der Waals surface area contributed by atoms with Crippen LogP contribution in [0.4, 0.5) is 20.2 Å². The van der Waals surface area contributed by atoms with E-state index in [4.69, 9.17) is 14.2 Å². The first-order chi connectivity index (χ1) is 18.9. The van der Waals surface area contributed by atoms with Crippen LogP contribution in [0.15, 0.2) is 78.9 Å². The standard InChI is InChI=1S/C30H20F2N2O5/c31-18-9-19(32)11-20(10-18)33-28(35)21-6-2-1-5-17(21)14-34-24-8-4-3-7-22(24)30(29(34)36)15-37-25-13-27-26(12-23(25)30)38-16-39-27/h1-13H,14-16H2,(H,33,35). The minimum atomic E-state index is -1.08. The van der Waals surface area contributed by atoms with E-state index in [0.717, 1.165) is 23.8 Å². The molecular weight excluding hydrogens is 506 g/mol. The van der Waals surface area contributed by atoms with Crippen molar-refractivity contribution < 1.29 is 32.6 Å². The van der Waals surface area contributed by atoms with Crippen molar-refractivity contribution in [3.05, 3.63) is 113 Å². The summed E-state index contributed by atoms with van der Waals surface area (Å²) >= 11 is 0. The molecule has 0 bridgehead atoms. The van der Waals surface area contributed by atoms with Gasteiger partial charge in [-0.1, -0.05) is 36.4 Å². The lowest BCUT2D eigenvalue weighted by Gasteiger charge is -2.24. The molecule has 1 N–H and O–H groups in total. The Hall–Kier alpha value is -4.92. The Bertz CT molecular complexity index is 1670. The van der Waals surface area contributed by atoms with Gasteiger partial charge in [0.25, 0.3) is 5.91 Å². The van der Waals surface area contributed by atoms with E-state index in [0.29, 0.717) is 34.1 Å². The fourth-order valence-corrected chi connectivity index (χ4v) is 5.60. The number of amides is 2.